The molecule has 0 N–H and O–H groups in total. The van der Waals surface area contributed by atoms with E-state index in [2.05, 4.69) is 0 Å². The highest BCUT2D eigenvalue weighted by Crippen LogP contribution is 2.49. The minimum absolute atomic E-state index is 0.0808. The van der Waals surface area contributed by atoms with Gasteiger partial charge in [-0.1, -0.05) is 321 Å². The van der Waals surface area contributed by atoms with Crippen molar-refractivity contribution in [1.29, 1.82) is 0 Å². The third kappa shape index (κ3) is 8.14. The van der Waals surface area contributed by atoms with Crippen molar-refractivity contribution >= 4 is 97.0 Å². The maximum atomic E-state index is 9.48. The Morgan fingerprint density at radius 2 is 0.464 bits per heavy atom. The van der Waals surface area contributed by atoms with E-state index in [4.69, 9.17) is 37.0 Å². The molecule has 390 valence electrons. The number of benzene rings is 17. The molecule has 17 aromatic rings. The molecule has 0 aromatic heterocycles. The smallest absolute Gasteiger partial charge is 0.0622 e. The van der Waals surface area contributed by atoms with Gasteiger partial charge in [-0.15, -0.1) is 0 Å². The summed E-state index contributed by atoms with van der Waals surface area (Å²) in [5.41, 5.74) is -1.62. The Labute approximate surface area is 541 Å². The first-order valence-corrected chi connectivity index (χ1v) is 26.1. The van der Waals surface area contributed by atoms with Crippen molar-refractivity contribution in [3.63, 3.8) is 0 Å². The van der Waals surface area contributed by atoms with Crippen LogP contribution in [-0.4, -0.2) is 0 Å². The zero-order valence-electron chi connectivity index (χ0n) is 81.2. The lowest BCUT2D eigenvalue weighted by Gasteiger charge is -2.20. The van der Waals surface area contributed by atoms with E-state index in [1.165, 1.54) is 0 Å². The van der Waals surface area contributed by atoms with Crippen LogP contribution in [0.3, 0.4) is 0 Å². The molecular weight excluding hydrogens is 1010 g/mol. The van der Waals surface area contributed by atoms with Crippen molar-refractivity contribution in [2.24, 2.45) is 0 Å². The van der Waals surface area contributed by atoms with Gasteiger partial charge < -0.3 is 0 Å². The molecule has 0 bridgehead atoms. The molecule has 0 spiro atoms. The molecule has 0 radical (unpaired) electrons. The summed E-state index contributed by atoms with van der Waals surface area (Å²) in [6, 6.07) is 1.30. The summed E-state index contributed by atoms with van der Waals surface area (Å²) < 4.78 is 337. The van der Waals surface area contributed by atoms with E-state index in [1.54, 1.807) is 97.1 Å². The van der Waals surface area contributed by atoms with Crippen molar-refractivity contribution in [3.8, 4) is 66.8 Å². The van der Waals surface area contributed by atoms with Crippen molar-refractivity contribution in [3.05, 3.63) is 327 Å². The van der Waals surface area contributed by atoms with E-state index in [1.807, 2.05) is 0 Å². The van der Waals surface area contributed by atoms with Crippen LogP contribution in [-0.2, 0) is 0 Å². The lowest BCUT2D eigenvalue weighted by atomic mass is 9.83. The van der Waals surface area contributed by atoms with Crippen LogP contribution in [0.1, 0.15) is 52.1 Å². The van der Waals surface area contributed by atoms with E-state index in [9.17, 15) is 15.1 Å². The Morgan fingerprint density at radius 3 is 0.940 bits per heavy atom. The van der Waals surface area contributed by atoms with E-state index in [-0.39, 0.29) is 82.2 Å². The molecule has 17 rings (SSSR count). The number of rotatable bonds is 6. The summed E-state index contributed by atoms with van der Waals surface area (Å²) >= 11 is 0. The molecule has 0 saturated heterocycles. The predicted molar refractivity (Wildman–Crippen MR) is 363 cm³/mol. The first kappa shape index (κ1) is 23.9. The minimum atomic E-state index is -0.777. The normalized spacial score (nSPS) is 17.9. The van der Waals surface area contributed by atoms with Gasteiger partial charge in [0.1, 0.15) is 0 Å². The third-order valence-corrected chi connectivity index (χ3v) is 14.7. The summed E-state index contributed by atoms with van der Waals surface area (Å²) in [4.78, 5) is 0. The Balaban J connectivity index is 0.000000182. The second-order valence-corrected chi connectivity index (χ2v) is 19.2. The van der Waals surface area contributed by atoms with Crippen LogP contribution in [0.25, 0.3) is 164 Å². The van der Waals surface area contributed by atoms with Gasteiger partial charge in [-0.05, 0) is 170 Å². The Bertz CT molecular complexity index is 7630. The van der Waals surface area contributed by atoms with Gasteiger partial charge in [0, 0.05) is 0 Å². The van der Waals surface area contributed by atoms with Crippen LogP contribution in [0, 0.1) is 0 Å². The maximum absolute atomic E-state index is 9.48. The molecule has 0 amide bonds. The molecule has 0 aliphatic rings. The predicted octanol–water partition coefficient (Wildman–Crippen LogP) is 23.8. The summed E-state index contributed by atoms with van der Waals surface area (Å²) in [5, 5.41) is -0.965. The van der Waals surface area contributed by atoms with Crippen LogP contribution in [0.15, 0.2) is 327 Å². The molecule has 0 atom stereocenters. The molecule has 0 saturated carbocycles. The second-order valence-electron chi connectivity index (χ2n) is 19.2. The van der Waals surface area contributed by atoms with E-state index in [0.29, 0.717) is 32.3 Å². The van der Waals surface area contributed by atoms with E-state index >= 15 is 0 Å². The van der Waals surface area contributed by atoms with Gasteiger partial charge in [0.2, 0.25) is 0 Å². The maximum Gasteiger partial charge on any atom is 0.0636 e. The van der Waals surface area contributed by atoms with Gasteiger partial charge >= 0.3 is 0 Å². The van der Waals surface area contributed by atoms with Gasteiger partial charge in [-0.3, -0.25) is 0 Å². The second kappa shape index (κ2) is 20.6. The van der Waals surface area contributed by atoms with E-state index < -0.39 is 279 Å². The summed E-state index contributed by atoms with van der Waals surface area (Å²) in [6.45, 7) is 0. The van der Waals surface area contributed by atoms with Gasteiger partial charge in [-0.2, -0.15) is 0 Å². The van der Waals surface area contributed by atoms with Crippen LogP contribution < -0.4 is 0 Å². The number of hydrogen-bond acceptors (Lipinski definition) is 0. The molecule has 17 aromatic carbocycles. The first-order valence-electron chi connectivity index (χ1n) is 45.1. The summed E-state index contributed by atoms with van der Waals surface area (Å²) in [6.07, 6.45) is 0. The molecule has 84 heavy (non-hydrogen) atoms. The average Bonchev–Trinajstić information content (AvgIpc) is 0.695. The van der Waals surface area contributed by atoms with Gasteiger partial charge in [0.05, 0.1) is 52.1 Å². The van der Waals surface area contributed by atoms with Crippen LogP contribution in [0.2, 0.25) is 0 Å². The number of hydrogen-bond donors (Lipinski definition) is 0. The highest BCUT2D eigenvalue weighted by atomic mass is 14.2. The number of fused-ring (bicyclic) bond motifs is 9. The van der Waals surface area contributed by atoms with Crippen molar-refractivity contribution < 1.29 is 52.1 Å². The molecule has 0 fully saturated rings. The Hall–Kier alpha value is -10.9. The molecule has 0 aliphatic carbocycles. The fraction of sp³-hybridized carbons (Fsp3) is 0. The van der Waals surface area contributed by atoms with Crippen LogP contribution in [0.5, 0.6) is 0 Å². The van der Waals surface area contributed by atoms with Crippen LogP contribution in [0.4, 0.5) is 0 Å². The fourth-order valence-electron chi connectivity index (χ4n) is 11.2. The first-order chi connectivity index (χ1) is 57.5. The highest BCUT2D eigenvalue weighted by Gasteiger charge is 2.22. The lowest BCUT2D eigenvalue weighted by molar-refractivity contribution is 1.66. The van der Waals surface area contributed by atoms with Crippen LogP contribution >= 0.6 is 0 Å². The summed E-state index contributed by atoms with van der Waals surface area (Å²) in [7, 11) is 0. The van der Waals surface area contributed by atoms with Crippen molar-refractivity contribution in [1.82, 2.24) is 0 Å². The van der Waals surface area contributed by atoms with E-state index in [0.717, 1.165) is 0 Å². The molecule has 0 heteroatoms. The highest BCUT2D eigenvalue weighted by molar-refractivity contribution is 6.27. The van der Waals surface area contributed by atoms with Gasteiger partial charge in [-0.25, -0.2) is 0 Å². The fourth-order valence-corrected chi connectivity index (χ4v) is 11.2. The monoisotopic (exact) mass is 1100 g/mol. The topological polar surface area (TPSA) is 0 Å². The zero-order valence-corrected chi connectivity index (χ0v) is 43.2. The van der Waals surface area contributed by atoms with Crippen molar-refractivity contribution in [2.75, 3.05) is 0 Å². The SMILES string of the molecule is [2H]c1c([2H])c([2H])c(-c2c3ccccc3c(-c3c([2H])c([2H])c([2H])c4c(-c5c([2H])c([2H])c([2H])c6c([2H])c([2H])c([2H])c([2H])c56)c([2H])c([2H])c([2H])c34)c3ccccc23)c([2H])c1[2H].[2H]c1c([2H])c([2H])c2c([2H])c(-c3c([2H])c([2H])c([2H])c4c(-c5c6ccccc6c(-c6c([2H])c([2H])c([2H])c7c([2H])c([2H])c([2H])c([2H])c67)c6ccccc56)c([2H])c([2H])c([2H])c34)c([2H])c([2H])c2c1[2H]. The standard InChI is InChI=1S/C44H28.C40H26/c1-2-14-31-28-32(27-26-29(31)12-1)34-21-10-23-36-35(34)22-11-25-38(36)44-41-19-7-5-17-39(41)43(40-18-6-8-20-42(40)44)37-24-9-15-30-13-3-4-16-33(30)37;1-2-14-28(15-3-1)39-35-18-6-8-20-37(35)40(38-21-9-7-19-36(38)39)34-26-12-24-32-31(23-11-25-33(32)34)30-22-10-16-27-13-4-5-17-29(27)30/h1-28H;1-26H/i1D,2D,3D,4D,9D,10D,11D,12D,13D,14D,15D,16D,21D,22D,23D,24D,25D,26D,27D,28D;1D,2D,3D,4D,5D,10D,11D,12D,13D,14D,15D,16D,17D,22D,23D,24D,25D,26D. The largest absolute Gasteiger partial charge is 0.0636 e. The molecule has 0 aliphatic heterocycles. The molecule has 0 heterocycles. The Kier molecular flexibility index (Phi) is 5.85. The van der Waals surface area contributed by atoms with Gasteiger partial charge in [0.15, 0.2) is 0 Å². The molecule has 0 unspecified atom stereocenters. The third-order valence-electron chi connectivity index (χ3n) is 14.7. The lowest BCUT2D eigenvalue weighted by Crippen LogP contribution is -1.92. The quantitative estimate of drug-likeness (QED) is 0.146. The molecular formula is C84H54. The van der Waals surface area contributed by atoms with Crippen molar-refractivity contribution in [2.45, 2.75) is 0 Å². The van der Waals surface area contributed by atoms with Gasteiger partial charge in [0.25, 0.3) is 0 Å². The zero-order chi connectivity index (χ0) is 88.6. The average molecular weight is 1100 g/mol. The Morgan fingerprint density at radius 1 is 0.167 bits per heavy atom. The minimum Gasteiger partial charge on any atom is -0.0622 e. The molecule has 0 nitrogen and oxygen atoms in total. The summed E-state index contributed by atoms with van der Waals surface area (Å²) in [5.74, 6) is 0.